The zero-order valence-electron chi connectivity index (χ0n) is 12.4. The van der Waals surface area contributed by atoms with Gasteiger partial charge >= 0.3 is 6.18 Å². The van der Waals surface area contributed by atoms with Crippen molar-refractivity contribution in [3.05, 3.63) is 39.8 Å². The van der Waals surface area contributed by atoms with Crippen LogP contribution in [-0.4, -0.2) is 15.7 Å². The molecule has 2 aromatic rings. The molecule has 0 saturated heterocycles. The molecule has 0 atom stereocenters. The lowest BCUT2D eigenvalue weighted by atomic mass is 10.1. The summed E-state index contributed by atoms with van der Waals surface area (Å²) in [6.45, 7) is 4.99. The van der Waals surface area contributed by atoms with Crippen molar-refractivity contribution < 1.29 is 18.0 Å². The molecule has 2 heterocycles. The fraction of sp³-hybridized carbons (Fsp3) is 0.429. The summed E-state index contributed by atoms with van der Waals surface area (Å²) in [5.41, 5.74) is -2.36. The molecule has 0 bridgehead atoms. The maximum atomic E-state index is 13.3. The van der Waals surface area contributed by atoms with Gasteiger partial charge in [-0.15, -0.1) is 11.3 Å². The van der Waals surface area contributed by atoms with Crippen LogP contribution in [0.15, 0.2) is 23.7 Å². The molecule has 0 aliphatic rings. The predicted molar refractivity (Wildman–Crippen MR) is 77.7 cm³/mol. The van der Waals surface area contributed by atoms with Gasteiger partial charge in [-0.3, -0.25) is 9.48 Å². The second-order valence-corrected chi connectivity index (χ2v) is 6.78. The fourth-order valence-corrected chi connectivity index (χ4v) is 2.62. The van der Waals surface area contributed by atoms with Gasteiger partial charge in [-0.05, 0) is 32.2 Å². The van der Waals surface area contributed by atoms with Crippen molar-refractivity contribution in [3.63, 3.8) is 0 Å². The Morgan fingerprint density at radius 3 is 2.55 bits per heavy atom. The lowest BCUT2D eigenvalue weighted by molar-refractivity contribution is -0.146. The first-order valence-electron chi connectivity index (χ1n) is 6.57. The summed E-state index contributed by atoms with van der Waals surface area (Å²) in [6.07, 6.45) is -3.68. The van der Waals surface area contributed by atoms with Gasteiger partial charge in [0, 0.05) is 4.88 Å². The number of carbonyl (C=O) groups is 1. The number of aromatic nitrogens is 2. The van der Waals surface area contributed by atoms with Crippen LogP contribution in [0.4, 0.5) is 13.2 Å². The molecule has 120 valence electrons. The second kappa shape index (κ2) is 5.75. The van der Waals surface area contributed by atoms with E-state index in [-0.39, 0.29) is 6.54 Å². The van der Waals surface area contributed by atoms with Crippen molar-refractivity contribution in [2.24, 2.45) is 0 Å². The van der Waals surface area contributed by atoms with Gasteiger partial charge < -0.3 is 5.32 Å². The van der Waals surface area contributed by atoms with Gasteiger partial charge in [0.2, 0.25) is 0 Å². The first-order valence-corrected chi connectivity index (χ1v) is 7.45. The molecule has 1 N–H and O–H groups in total. The number of rotatable bonds is 3. The van der Waals surface area contributed by atoms with E-state index in [1.807, 2.05) is 11.4 Å². The van der Waals surface area contributed by atoms with Crippen LogP contribution in [0, 0.1) is 0 Å². The molecule has 0 aromatic carbocycles. The summed E-state index contributed by atoms with van der Waals surface area (Å²) in [7, 11) is 0. The van der Waals surface area contributed by atoms with Crippen molar-refractivity contribution in [1.82, 2.24) is 15.1 Å². The van der Waals surface area contributed by atoms with Crippen LogP contribution < -0.4 is 5.32 Å². The molecule has 1 amide bonds. The van der Waals surface area contributed by atoms with E-state index in [0.29, 0.717) is 0 Å². The normalized spacial score (nSPS) is 12.5. The minimum Gasteiger partial charge on any atom is -0.347 e. The summed E-state index contributed by atoms with van der Waals surface area (Å²) in [6, 6.07) is 3.61. The zero-order valence-corrected chi connectivity index (χ0v) is 13.2. The van der Waals surface area contributed by atoms with Crippen LogP contribution in [0.2, 0.25) is 0 Å². The number of carbonyl (C=O) groups excluding carboxylic acids is 1. The van der Waals surface area contributed by atoms with Gasteiger partial charge in [0.15, 0.2) is 5.69 Å². The van der Waals surface area contributed by atoms with Gasteiger partial charge in [0.1, 0.15) is 0 Å². The summed E-state index contributed by atoms with van der Waals surface area (Å²) in [4.78, 5) is 13.0. The van der Waals surface area contributed by atoms with Gasteiger partial charge in [0.05, 0.1) is 23.8 Å². The Bertz CT molecular complexity index is 654. The second-order valence-electron chi connectivity index (χ2n) is 5.75. The predicted octanol–water partition coefficient (Wildman–Crippen LogP) is 3.65. The molecule has 2 rings (SSSR count). The molecule has 8 heteroatoms. The Morgan fingerprint density at radius 2 is 2.05 bits per heavy atom. The molecule has 0 aliphatic heterocycles. The molecule has 2 aromatic heterocycles. The number of alkyl halides is 3. The van der Waals surface area contributed by atoms with Crippen molar-refractivity contribution in [2.45, 2.75) is 39.0 Å². The highest BCUT2D eigenvalue weighted by Crippen LogP contribution is 2.34. The Labute approximate surface area is 129 Å². The fourth-order valence-electron chi connectivity index (χ4n) is 1.97. The van der Waals surface area contributed by atoms with E-state index in [0.717, 1.165) is 15.8 Å². The number of hydrogen-bond donors (Lipinski definition) is 1. The van der Waals surface area contributed by atoms with E-state index in [2.05, 4.69) is 10.4 Å². The first kappa shape index (κ1) is 16.5. The van der Waals surface area contributed by atoms with Crippen molar-refractivity contribution >= 4 is 17.2 Å². The highest BCUT2D eigenvalue weighted by atomic mass is 32.1. The van der Waals surface area contributed by atoms with Crippen molar-refractivity contribution in [2.75, 3.05) is 0 Å². The van der Waals surface area contributed by atoms with E-state index in [4.69, 9.17) is 0 Å². The van der Waals surface area contributed by atoms with E-state index in [1.165, 1.54) is 11.3 Å². The zero-order chi connectivity index (χ0) is 16.5. The van der Waals surface area contributed by atoms with Gasteiger partial charge in [-0.25, -0.2) is 0 Å². The Hall–Kier alpha value is -1.83. The molecule has 0 fully saturated rings. The lowest BCUT2D eigenvalue weighted by Gasteiger charge is -2.23. The number of hydrogen-bond acceptors (Lipinski definition) is 3. The average Bonchev–Trinajstić information content (AvgIpc) is 3.03. The average molecular weight is 331 g/mol. The van der Waals surface area contributed by atoms with Crippen molar-refractivity contribution in [1.29, 1.82) is 0 Å². The van der Waals surface area contributed by atoms with E-state index >= 15 is 0 Å². The summed E-state index contributed by atoms with van der Waals surface area (Å²) in [5.74, 6) is -0.781. The molecule has 4 nitrogen and oxygen atoms in total. The quantitative estimate of drug-likeness (QED) is 0.933. The number of nitrogens with one attached hydrogen (secondary N) is 1. The molecule has 22 heavy (non-hydrogen) atoms. The number of halogens is 3. The molecule has 0 aliphatic carbocycles. The third kappa shape index (κ3) is 3.49. The standard InChI is InChI=1S/C14H16F3N3OS/c1-13(2,3)20-11(14(15,16)17)10(8-19-20)12(21)18-7-9-5-4-6-22-9/h4-6,8H,7H2,1-3H3,(H,18,21). The smallest absolute Gasteiger partial charge is 0.347 e. The maximum absolute atomic E-state index is 13.3. The van der Waals surface area contributed by atoms with Crippen molar-refractivity contribution in [3.8, 4) is 0 Å². The third-order valence-corrected chi connectivity index (χ3v) is 3.80. The largest absolute Gasteiger partial charge is 0.433 e. The van der Waals surface area contributed by atoms with Crippen LogP contribution in [-0.2, 0) is 18.3 Å². The van der Waals surface area contributed by atoms with Gasteiger partial charge in [0.25, 0.3) is 5.91 Å². The third-order valence-electron chi connectivity index (χ3n) is 2.92. The number of nitrogens with zero attached hydrogens (tertiary/aromatic N) is 2. The maximum Gasteiger partial charge on any atom is 0.433 e. The Kier molecular flexibility index (Phi) is 4.32. The SMILES string of the molecule is CC(C)(C)n1ncc(C(=O)NCc2cccs2)c1C(F)(F)F. The molecular formula is C14H16F3N3OS. The summed E-state index contributed by atoms with van der Waals surface area (Å²) < 4.78 is 40.8. The molecule has 0 radical (unpaired) electrons. The van der Waals surface area contributed by atoms with E-state index in [9.17, 15) is 18.0 Å². The van der Waals surface area contributed by atoms with E-state index in [1.54, 1.807) is 26.8 Å². The van der Waals surface area contributed by atoms with Gasteiger partial charge in [-0.1, -0.05) is 6.07 Å². The highest BCUT2D eigenvalue weighted by molar-refractivity contribution is 7.09. The minimum absolute atomic E-state index is 0.189. The van der Waals surface area contributed by atoms with Crippen LogP contribution in [0.1, 0.15) is 41.7 Å². The van der Waals surface area contributed by atoms with Crippen LogP contribution >= 0.6 is 11.3 Å². The van der Waals surface area contributed by atoms with Crippen LogP contribution in [0.25, 0.3) is 0 Å². The lowest BCUT2D eigenvalue weighted by Crippen LogP contribution is -2.31. The van der Waals surface area contributed by atoms with Gasteiger partial charge in [-0.2, -0.15) is 18.3 Å². The summed E-state index contributed by atoms with van der Waals surface area (Å²) in [5, 5.41) is 8.09. The highest BCUT2D eigenvalue weighted by Gasteiger charge is 2.42. The monoisotopic (exact) mass is 331 g/mol. The molecule has 0 unspecified atom stereocenters. The number of thiophene rings is 1. The Balaban J connectivity index is 2.30. The van der Waals surface area contributed by atoms with Crippen LogP contribution in [0.3, 0.4) is 0 Å². The summed E-state index contributed by atoms with van der Waals surface area (Å²) >= 11 is 1.42. The first-order chi connectivity index (χ1) is 10.1. The number of amides is 1. The molecule has 0 spiro atoms. The molecular weight excluding hydrogens is 315 g/mol. The Morgan fingerprint density at radius 1 is 1.36 bits per heavy atom. The molecule has 0 saturated carbocycles. The van der Waals surface area contributed by atoms with Crippen LogP contribution in [0.5, 0.6) is 0 Å². The van der Waals surface area contributed by atoms with E-state index < -0.39 is 28.9 Å². The minimum atomic E-state index is -4.65. The topological polar surface area (TPSA) is 46.9 Å².